The average molecular weight is 246 g/mol. The van der Waals surface area contributed by atoms with Crippen LogP contribution in [0.25, 0.3) is 0 Å². The second-order valence-electron chi connectivity index (χ2n) is 3.97. The van der Waals surface area contributed by atoms with Gasteiger partial charge in [-0.05, 0) is 36.2 Å². The molecule has 2 aromatic rings. The lowest BCUT2D eigenvalue weighted by Gasteiger charge is -2.10. The van der Waals surface area contributed by atoms with E-state index in [0.29, 0.717) is 11.5 Å². The van der Waals surface area contributed by atoms with Crippen molar-refractivity contribution in [1.29, 1.82) is 0 Å². The molecule has 0 amide bonds. The number of rotatable bonds is 4. The Kier molecular flexibility index (Phi) is 3.95. The van der Waals surface area contributed by atoms with Gasteiger partial charge < -0.3 is 9.84 Å². The molecule has 3 heteroatoms. The molecule has 2 aromatic carbocycles. The summed E-state index contributed by atoms with van der Waals surface area (Å²) in [6.45, 7) is 1.70. The maximum atomic E-state index is 13.4. The second-order valence-corrected chi connectivity index (χ2v) is 3.97. The van der Waals surface area contributed by atoms with Crippen molar-refractivity contribution in [3.05, 3.63) is 59.4 Å². The van der Waals surface area contributed by atoms with Crippen LogP contribution in [0.5, 0.6) is 11.5 Å². The molecule has 0 bridgehead atoms. The Balaban J connectivity index is 2.25. The number of ether oxygens (including phenoxy) is 1. The van der Waals surface area contributed by atoms with Crippen LogP contribution in [0.4, 0.5) is 4.39 Å². The van der Waals surface area contributed by atoms with E-state index in [1.807, 2.05) is 24.3 Å². The molecule has 0 radical (unpaired) electrons. The first-order chi connectivity index (χ1) is 8.74. The fourth-order valence-corrected chi connectivity index (χ4v) is 1.71. The number of hydrogen-bond acceptors (Lipinski definition) is 2. The maximum absolute atomic E-state index is 13.4. The third-order valence-corrected chi connectivity index (χ3v) is 2.79. The molecular weight excluding hydrogens is 231 g/mol. The lowest BCUT2D eigenvalue weighted by Crippen LogP contribution is -1.95. The van der Waals surface area contributed by atoms with Gasteiger partial charge in [0.1, 0.15) is 17.3 Å². The summed E-state index contributed by atoms with van der Waals surface area (Å²) >= 11 is 0. The lowest BCUT2D eigenvalue weighted by atomic mass is 10.1. The molecule has 0 heterocycles. The van der Waals surface area contributed by atoms with Gasteiger partial charge in [0.05, 0.1) is 12.2 Å². The van der Waals surface area contributed by atoms with Crippen LogP contribution in [0.15, 0.2) is 42.5 Å². The summed E-state index contributed by atoms with van der Waals surface area (Å²) in [6, 6.07) is 12.1. The van der Waals surface area contributed by atoms with Gasteiger partial charge in [-0.25, -0.2) is 4.39 Å². The highest BCUT2D eigenvalue weighted by molar-refractivity contribution is 5.39. The average Bonchev–Trinajstić information content (AvgIpc) is 2.40. The Bertz CT molecular complexity index is 521. The second kappa shape index (κ2) is 5.65. The van der Waals surface area contributed by atoms with E-state index in [9.17, 15) is 4.39 Å². The van der Waals surface area contributed by atoms with Crippen molar-refractivity contribution in [3.8, 4) is 11.5 Å². The highest BCUT2D eigenvalue weighted by Gasteiger charge is 2.09. The number of aliphatic hydroxyl groups excluding tert-OH is 1. The van der Waals surface area contributed by atoms with E-state index >= 15 is 0 Å². The quantitative estimate of drug-likeness (QED) is 0.891. The maximum Gasteiger partial charge on any atom is 0.135 e. The molecule has 1 N–H and O–H groups in total. The minimum absolute atomic E-state index is 0.178. The van der Waals surface area contributed by atoms with Crippen LogP contribution < -0.4 is 4.74 Å². The summed E-state index contributed by atoms with van der Waals surface area (Å²) in [7, 11) is 0. The summed E-state index contributed by atoms with van der Waals surface area (Å²) in [4.78, 5) is 0. The predicted octanol–water partition coefficient (Wildman–Crippen LogP) is 3.67. The van der Waals surface area contributed by atoms with Gasteiger partial charge in [-0.2, -0.15) is 0 Å². The first kappa shape index (κ1) is 12.6. The number of aliphatic hydroxyl groups is 1. The molecule has 94 valence electrons. The molecule has 0 unspecified atom stereocenters. The van der Waals surface area contributed by atoms with E-state index in [-0.39, 0.29) is 12.2 Å². The fourth-order valence-electron chi connectivity index (χ4n) is 1.71. The molecule has 0 fully saturated rings. The summed E-state index contributed by atoms with van der Waals surface area (Å²) < 4.78 is 19.0. The smallest absolute Gasteiger partial charge is 0.135 e. The molecule has 2 rings (SSSR count). The van der Waals surface area contributed by atoms with Crippen LogP contribution in [0.3, 0.4) is 0 Å². The third-order valence-electron chi connectivity index (χ3n) is 2.79. The zero-order valence-corrected chi connectivity index (χ0v) is 10.2. The van der Waals surface area contributed by atoms with E-state index < -0.39 is 5.82 Å². The van der Waals surface area contributed by atoms with E-state index in [0.717, 1.165) is 6.42 Å². The Morgan fingerprint density at radius 2 is 1.83 bits per heavy atom. The minimum atomic E-state index is -0.458. The Morgan fingerprint density at radius 3 is 2.44 bits per heavy atom. The standard InChI is InChI=1S/C15H15FO2/c1-2-11-6-8-12(9-7-11)18-15-5-3-4-14(16)13(15)10-17/h3-9,17H,2,10H2,1H3. The van der Waals surface area contributed by atoms with Gasteiger partial charge in [0, 0.05) is 0 Å². The fraction of sp³-hybridized carbons (Fsp3) is 0.200. The topological polar surface area (TPSA) is 29.5 Å². The summed E-state index contributed by atoms with van der Waals surface area (Å²) in [6.07, 6.45) is 0.960. The molecule has 18 heavy (non-hydrogen) atoms. The van der Waals surface area contributed by atoms with Crippen LogP contribution in [0, 0.1) is 5.82 Å². The van der Waals surface area contributed by atoms with E-state index in [2.05, 4.69) is 6.92 Å². The van der Waals surface area contributed by atoms with Crippen molar-refractivity contribution in [1.82, 2.24) is 0 Å². The van der Waals surface area contributed by atoms with Crippen molar-refractivity contribution in [3.63, 3.8) is 0 Å². The van der Waals surface area contributed by atoms with Crippen LogP contribution in [-0.2, 0) is 13.0 Å². The first-order valence-corrected chi connectivity index (χ1v) is 5.89. The molecule has 0 aliphatic rings. The third kappa shape index (κ3) is 2.68. The van der Waals surface area contributed by atoms with Gasteiger partial charge >= 0.3 is 0 Å². The molecule has 0 aromatic heterocycles. The molecule has 0 atom stereocenters. The van der Waals surface area contributed by atoms with E-state index in [4.69, 9.17) is 9.84 Å². The van der Waals surface area contributed by atoms with Gasteiger partial charge in [-0.1, -0.05) is 25.1 Å². The number of halogens is 1. The Labute approximate surface area is 106 Å². The zero-order valence-electron chi connectivity index (χ0n) is 10.2. The summed E-state index contributed by atoms with van der Waals surface area (Å²) in [5.74, 6) is 0.523. The van der Waals surface area contributed by atoms with E-state index in [1.54, 1.807) is 12.1 Å². The summed E-state index contributed by atoms with van der Waals surface area (Å²) in [5, 5.41) is 9.14. The monoisotopic (exact) mass is 246 g/mol. The van der Waals surface area contributed by atoms with Gasteiger partial charge in [0.2, 0.25) is 0 Å². The molecule has 0 saturated heterocycles. The predicted molar refractivity (Wildman–Crippen MR) is 68.2 cm³/mol. The van der Waals surface area contributed by atoms with E-state index in [1.165, 1.54) is 11.6 Å². The van der Waals surface area contributed by atoms with Crippen molar-refractivity contribution >= 4 is 0 Å². The molecule has 0 aliphatic heterocycles. The molecular formula is C15H15FO2. The normalized spacial score (nSPS) is 10.4. The Hall–Kier alpha value is -1.87. The first-order valence-electron chi connectivity index (χ1n) is 5.89. The Morgan fingerprint density at radius 1 is 1.11 bits per heavy atom. The van der Waals surface area contributed by atoms with Gasteiger partial charge in [-0.3, -0.25) is 0 Å². The number of hydrogen-bond donors (Lipinski definition) is 1. The minimum Gasteiger partial charge on any atom is -0.457 e. The zero-order chi connectivity index (χ0) is 13.0. The molecule has 0 saturated carbocycles. The molecule has 2 nitrogen and oxygen atoms in total. The van der Waals surface area contributed by atoms with Crippen LogP contribution in [-0.4, -0.2) is 5.11 Å². The van der Waals surface area contributed by atoms with Gasteiger partial charge in [0.15, 0.2) is 0 Å². The van der Waals surface area contributed by atoms with Crippen molar-refractivity contribution in [2.45, 2.75) is 20.0 Å². The largest absolute Gasteiger partial charge is 0.457 e. The van der Waals surface area contributed by atoms with Crippen LogP contribution >= 0.6 is 0 Å². The number of benzene rings is 2. The highest BCUT2D eigenvalue weighted by atomic mass is 19.1. The lowest BCUT2D eigenvalue weighted by molar-refractivity contribution is 0.270. The SMILES string of the molecule is CCc1ccc(Oc2cccc(F)c2CO)cc1. The van der Waals surface area contributed by atoms with Gasteiger partial charge in [0.25, 0.3) is 0 Å². The highest BCUT2D eigenvalue weighted by Crippen LogP contribution is 2.27. The molecule has 0 spiro atoms. The van der Waals surface area contributed by atoms with Gasteiger partial charge in [-0.15, -0.1) is 0 Å². The van der Waals surface area contributed by atoms with Crippen LogP contribution in [0.1, 0.15) is 18.1 Å². The van der Waals surface area contributed by atoms with Crippen molar-refractivity contribution in [2.75, 3.05) is 0 Å². The van der Waals surface area contributed by atoms with Crippen molar-refractivity contribution in [2.24, 2.45) is 0 Å². The number of aryl methyl sites for hydroxylation is 1. The van der Waals surface area contributed by atoms with Crippen LogP contribution in [0.2, 0.25) is 0 Å². The van der Waals surface area contributed by atoms with Crippen molar-refractivity contribution < 1.29 is 14.2 Å². The molecule has 0 aliphatic carbocycles. The summed E-state index contributed by atoms with van der Waals surface area (Å²) in [5.41, 5.74) is 1.39.